The fourth-order valence-corrected chi connectivity index (χ4v) is 6.76. The number of aliphatic carboxylic acids is 2. The maximum atomic E-state index is 11.7. The fraction of sp³-hybridized carbons (Fsp3) is 0.875. The first kappa shape index (κ1) is 12.7. The number of carboxylic acid groups (broad SMARTS) is 2. The summed E-state index contributed by atoms with van der Waals surface area (Å²) in [6.07, 6.45) is 5.71. The molecular weight excluding hydrogens is 256 g/mol. The van der Waals surface area contributed by atoms with Crippen molar-refractivity contribution in [3.8, 4) is 0 Å². The number of rotatable bonds is 4. The molecule has 0 radical (unpaired) electrons. The van der Waals surface area contributed by atoms with Crippen molar-refractivity contribution in [3.63, 3.8) is 0 Å². The zero-order valence-corrected chi connectivity index (χ0v) is 11.6. The van der Waals surface area contributed by atoms with Crippen LogP contribution in [-0.2, 0) is 9.59 Å². The van der Waals surface area contributed by atoms with Gasteiger partial charge >= 0.3 is 11.9 Å². The van der Waals surface area contributed by atoms with Gasteiger partial charge in [-0.2, -0.15) is 0 Å². The first-order valence-electron chi connectivity index (χ1n) is 8.02. The molecule has 4 aliphatic rings. The van der Waals surface area contributed by atoms with Gasteiger partial charge < -0.3 is 10.2 Å². The van der Waals surface area contributed by atoms with E-state index < -0.39 is 11.9 Å². The number of hydrogen-bond acceptors (Lipinski definition) is 2. The lowest BCUT2D eigenvalue weighted by molar-refractivity contribution is -0.149. The second-order valence-electron chi connectivity index (χ2n) is 7.51. The second kappa shape index (κ2) is 4.22. The van der Waals surface area contributed by atoms with Crippen molar-refractivity contribution < 1.29 is 19.8 Å². The van der Waals surface area contributed by atoms with Crippen LogP contribution in [0, 0.1) is 47.3 Å². The van der Waals surface area contributed by atoms with Gasteiger partial charge in [-0.25, -0.2) is 0 Å². The summed E-state index contributed by atoms with van der Waals surface area (Å²) < 4.78 is 0. The van der Waals surface area contributed by atoms with E-state index in [4.69, 9.17) is 5.11 Å². The van der Waals surface area contributed by atoms with E-state index >= 15 is 0 Å². The smallest absolute Gasteiger partial charge is 0.307 e. The number of carbonyl (C=O) groups is 2. The molecule has 20 heavy (non-hydrogen) atoms. The maximum absolute atomic E-state index is 11.7. The average Bonchev–Trinajstić information content (AvgIpc) is 3.11. The Morgan fingerprint density at radius 3 is 2.20 bits per heavy atom. The molecule has 4 nitrogen and oxygen atoms in total. The molecule has 0 heterocycles. The van der Waals surface area contributed by atoms with Crippen LogP contribution in [-0.4, -0.2) is 22.2 Å². The molecule has 4 saturated carbocycles. The molecule has 4 fully saturated rings. The van der Waals surface area contributed by atoms with Crippen molar-refractivity contribution >= 4 is 11.9 Å². The molecule has 4 heteroatoms. The molecular formula is C16H22O4. The minimum Gasteiger partial charge on any atom is -0.481 e. The molecule has 4 bridgehead atoms. The minimum atomic E-state index is -0.790. The zero-order valence-electron chi connectivity index (χ0n) is 11.6. The Balaban J connectivity index is 1.60. The average molecular weight is 278 g/mol. The predicted octanol–water partition coefficient (Wildman–Crippen LogP) is 2.48. The Morgan fingerprint density at radius 1 is 0.950 bits per heavy atom. The van der Waals surface area contributed by atoms with Gasteiger partial charge in [-0.15, -0.1) is 0 Å². The predicted molar refractivity (Wildman–Crippen MR) is 70.9 cm³/mol. The Kier molecular flexibility index (Phi) is 2.67. The lowest BCUT2D eigenvalue weighted by Crippen LogP contribution is -2.41. The van der Waals surface area contributed by atoms with Crippen molar-refractivity contribution in [2.24, 2.45) is 47.3 Å². The molecule has 0 unspecified atom stereocenters. The summed E-state index contributed by atoms with van der Waals surface area (Å²) in [5.74, 6) is 2.22. The van der Waals surface area contributed by atoms with Gasteiger partial charge in [0.1, 0.15) is 0 Å². The summed E-state index contributed by atoms with van der Waals surface area (Å²) in [5.41, 5.74) is 0. The van der Waals surface area contributed by atoms with Crippen LogP contribution in [0.2, 0.25) is 0 Å². The summed E-state index contributed by atoms with van der Waals surface area (Å²) in [7, 11) is 0. The van der Waals surface area contributed by atoms with Gasteiger partial charge in [0, 0.05) is 6.42 Å². The summed E-state index contributed by atoms with van der Waals surface area (Å²) in [6, 6.07) is 0. The largest absolute Gasteiger partial charge is 0.481 e. The fourth-order valence-electron chi connectivity index (χ4n) is 6.76. The highest BCUT2D eigenvalue weighted by atomic mass is 16.4. The normalized spacial score (nSPS) is 51.4. The van der Waals surface area contributed by atoms with Crippen LogP contribution >= 0.6 is 0 Å². The summed E-state index contributed by atoms with van der Waals surface area (Å²) in [6.45, 7) is 0. The Labute approximate surface area is 118 Å². The molecule has 0 amide bonds. The third-order valence-corrected chi connectivity index (χ3v) is 7.03. The van der Waals surface area contributed by atoms with Gasteiger partial charge in [-0.1, -0.05) is 0 Å². The number of fused-ring (bicyclic) bond motifs is 9. The topological polar surface area (TPSA) is 74.6 Å². The Bertz CT molecular complexity index is 459. The summed E-state index contributed by atoms with van der Waals surface area (Å²) >= 11 is 0. The molecule has 0 spiro atoms. The third kappa shape index (κ3) is 1.54. The van der Waals surface area contributed by atoms with Gasteiger partial charge in [0.15, 0.2) is 0 Å². The maximum Gasteiger partial charge on any atom is 0.307 e. The summed E-state index contributed by atoms with van der Waals surface area (Å²) in [5, 5.41) is 18.5. The Hall–Kier alpha value is -1.06. The molecule has 2 N–H and O–H groups in total. The molecule has 0 aliphatic heterocycles. The van der Waals surface area contributed by atoms with E-state index in [9.17, 15) is 14.7 Å². The molecule has 0 aromatic carbocycles. The number of hydrogen-bond donors (Lipinski definition) is 2. The highest BCUT2D eigenvalue weighted by Gasteiger charge is 2.66. The lowest BCUT2D eigenvalue weighted by atomic mass is 9.62. The van der Waals surface area contributed by atoms with E-state index in [1.54, 1.807) is 0 Å². The quantitative estimate of drug-likeness (QED) is 0.775. The molecule has 0 aromatic rings. The standard InChI is InChI=1S/C16H22O4/c17-12(18)4-3-9-10-6-11(15(9)16(19)20)14-8-2-1-7(5-8)13(10)14/h7-11,13-15H,1-6H2,(H,17,18)(H,19,20)/t7-,8+,9+,10-,11+,13+,14+,15+/m1/s1. The molecule has 110 valence electrons. The summed E-state index contributed by atoms with van der Waals surface area (Å²) in [4.78, 5) is 22.5. The van der Waals surface area contributed by atoms with E-state index in [0.717, 1.165) is 24.2 Å². The second-order valence-corrected chi connectivity index (χ2v) is 7.51. The van der Waals surface area contributed by atoms with Gasteiger partial charge in [0.25, 0.3) is 0 Å². The van der Waals surface area contributed by atoms with Gasteiger partial charge in [0.2, 0.25) is 0 Å². The number of carboxylic acids is 2. The van der Waals surface area contributed by atoms with Crippen molar-refractivity contribution in [3.05, 3.63) is 0 Å². The van der Waals surface area contributed by atoms with Gasteiger partial charge in [-0.3, -0.25) is 9.59 Å². The van der Waals surface area contributed by atoms with Crippen molar-refractivity contribution in [2.75, 3.05) is 0 Å². The van der Waals surface area contributed by atoms with Crippen LogP contribution in [0.3, 0.4) is 0 Å². The Morgan fingerprint density at radius 2 is 1.60 bits per heavy atom. The van der Waals surface area contributed by atoms with E-state index in [0.29, 0.717) is 24.2 Å². The monoisotopic (exact) mass is 278 g/mol. The SMILES string of the molecule is O=C(O)CC[C@H]1[C@H]2C[C@H]([C@H]1C(=O)O)[C@@H]1[C@H]3CC[C@H](C3)[C@@H]21. The molecule has 4 rings (SSSR count). The van der Waals surface area contributed by atoms with Gasteiger partial charge in [-0.05, 0) is 73.5 Å². The lowest BCUT2D eigenvalue weighted by Gasteiger charge is -2.41. The van der Waals surface area contributed by atoms with Crippen LogP contribution in [0.1, 0.15) is 38.5 Å². The van der Waals surface area contributed by atoms with Crippen molar-refractivity contribution in [2.45, 2.75) is 38.5 Å². The highest BCUT2D eigenvalue weighted by Crippen LogP contribution is 2.70. The van der Waals surface area contributed by atoms with Crippen LogP contribution < -0.4 is 0 Å². The van der Waals surface area contributed by atoms with Crippen LogP contribution in [0.25, 0.3) is 0 Å². The molecule has 4 aliphatic carbocycles. The molecule has 0 aromatic heterocycles. The minimum absolute atomic E-state index is 0.120. The van der Waals surface area contributed by atoms with Gasteiger partial charge in [0.05, 0.1) is 5.92 Å². The first-order chi connectivity index (χ1) is 9.58. The van der Waals surface area contributed by atoms with Crippen molar-refractivity contribution in [1.29, 1.82) is 0 Å². The molecule has 8 atom stereocenters. The first-order valence-corrected chi connectivity index (χ1v) is 8.02. The zero-order chi connectivity index (χ0) is 14.0. The molecule has 0 saturated heterocycles. The van der Waals surface area contributed by atoms with E-state index in [-0.39, 0.29) is 18.3 Å². The van der Waals surface area contributed by atoms with Crippen LogP contribution in [0.15, 0.2) is 0 Å². The van der Waals surface area contributed by atoms with E-state index in [2.05, 4.69) is 0 Å². The van der Waals surface area contributed by atoms with E-state index in [1.165, 1.54) is 19.3 Å². The highest BCUT2D eigenvalue weighted by molar-refractivity contribution is 5.72. The van der Waals surface area contributed by atoms with E-state index in [1.807, 2.05) is 0 Å². The third-order valence-electron chi connectivity index (χ3n) is 7.03. The van der Waals surface area contributed by atoms with Crippen LogP contribution in [0.4, 0.5) is 0 Å². The van der Waals surface area contributed by atoms with Crippen molar-refractivity contribution in [1.82, 2.24) is 0 Å². The van der Waals surface area contributed by atoms with Crippen LogP contribution in [0.5, 0.6) is 0 Å².